The molecule has 2 N–H and O–H groups in total. The number of hydrogen-bond acceptors (Lipinski definition) is 7. The monoisotopic (exact) mass is 1070 g/mol. The summed E-state index contributed by atoms with van der Waals surface area (Å²) in [5.74, 6) is 12.4. The van der Waals surface area contributed by atoms with Crippen LogP contribution in [-0.4, -0.2) is 65.5 Å². The SMILES string of the molecule is C#CC(C)(C)OC.CC(C)(C)c1ccc(C2CC3(C)C(O)CCC3C3CCC4=CC(=O)CCC4=C23)cc1.CSc1ccc(C#CC2(O)CCC3C4CCC5=CC(=O)CCC5=C4C(c4ccc(N(C)C(C)C)cc4)CC32C)cc1. The van der Waals surface area contributed by atoms with E-state index in [2.05, 4.69) is 157 Å². The molecule has 11 rings (SSSR count). The number of thioether (sulfide) groups is 1. The third-order valence-electron chi connectivity index (χ3n) is 20.6. The number of carbonyl (C=O) groups is 2. The maximum atomic E-state index is 12.4. The Morgan fingerprint density at radius 3 is 1.76 bits per heavy atom. The average molecular weight is 1070 g/mol. The summed E-state index contributed by atoms with van der Waals surface area (Å²) in [5, 5.41) is 23.3. The fourth-order valence-corrected chi connectivity index (χ4v) is 15.9. The van der Waals surface area contributed by atoms with Gasteiger partial charge in [-0.15, -0.1) is 18.2 Å². The Morgan fingerprint density at radius 2 is 1.26 bits per heavy atom. The average Bonchev–Trinajstić information content (AvgIpc) is 3.95. The summed E-state index contributed by atoms with van der Waals surface area (Å²) in [6.07, 6.45) is 23.8. The lowest BCUT2D eigenvalue weighted by atomic mass is 9.51. The first-order valence-corrected chi connectivity index (χ1v) is 30.6. The Labute approximate surface area is 473 Å². The van der Waals surface area contributed by atoms with Crippen molar-refractivity contribution in [2.24, 2.45) is 34.5 Å². The van der Waals surface area contributed by atoms with Crippen molar-refractivity contribution in [1.82, 2.24) is 0 Å². The van der Waals surface area contributed by atoms with E-state index in [0.29, 0.717) is 54.3 Å². The Hall–Kier alpha value is -4.89. The molecule has 0 amide bonds. The van der Waals surface area contributed by atoms with Crippen LogP contribution in [0.15, 0.2) is 123 Å². The normalized spacial score (nSPS) is 31.0. The third-order valence-corrected chi connectivity index (χ3v) is 21.3. The molecule has 10 atom stereocenters. The van der Waals surface area contributed by atoms with Crippen LogP contribution in [0.5, 0.6) is 0 Å². The molecule has 6 nitrogen and oxygen atoms in total. The van der Waals surface area contributed by atoms with Crippen molar-refractivity contribution in [2.75, 3.05) is 25.3 Å². The van der Waals surface area contributed by atoms with Gasteiger partial charge in [0.2, 0.25) is 0 Å². The minimum absolute atomic E-state index is 0.00773. The number of hydrogen-bond donors (Lipinski definition) is 2. The summed E-state index contributed by atoms with van der Waals surface area (Å²) in [6.45, 7) is 19.6. The van der Waals surface area contributed by atoms with E-state index in [1.165, 1.54) is 49.6 Å². The fraction of sp³-hybridized carbons (Fsp3) is 0.549. The smallest absolute Gasteiger partial charge is 0.156 e. The van der Waals surface area contributed by atoms with Gasteiger partial charge in [-0.1, -0.05) is 99.9 Å². The number of aliphatic hydroxyl groups is 2. The van der Waals surface area contributed by atoms with Crippen LogP contribution in [0.2, 0.25) is 0 Å². The van der Waals surface area contributed by atoms with E-state index in [0.717, 1.165) is 82.6 Å². The molecular weight excluding hydrogens is 979 g/mol. The molecule has 7 heteroatoms. The van der Waals surface area contributed by atoms with E-state index in [1.807, 2.05) is 26.0 Å². The van der Waals surface area contributed by atoms with Crippen LogP contribution in [0.25, 0.3) is 0 Å². The Balaban J connectivity index is 0.000000175. The highest BCUT2D eigenvalue weighted by Crippen LogP contribution is 2.67. The minimum atomic E-state index is -1.03. The van der Waals surface area contributed by atoms with Crippen molar-refractivity contribution < 1.29 is 24.5 Å². The summed E-state index contributed by atoms with van der Waals surface area (Å²) < 4.78 is 4.85. The molecule has 0 heterocycles. The van der Waals surface area contributed by atoms with Gasteiger partial charge in [0.05, 0.1) is 6.10 Å². The van der Waals surface area contributed by atoms with E-state index in [9.17, 15) is 19.8 Å². The van der Waals surface area contributed by atoms with E-state index in [4.69, 9.17) is 11.2 Å². The lowest BCUT2D eigenvalue weighted by molar-refractivity contribution is -0.115. The third kappa shape index (κ3) is 11.1. The zero-order valence-electron chi connectivity index (χ0n) is 49.2. The highest BCUT2D eigenvalue weighted by molar-refractivity contribution is 7.98. The maximum absolute atomic E-state index is 12.4. The topological polar surface area (TPSA) is 87.1 Å². The molecule has 0 saturated heterocycles. The number of terminal acetylenes is 1. The second-order valence-electron chi connectivity index (χ2n) is 26.6. The number of rotatable bonds is 6. The first kappa shape index (κ1) is 57.8. The first-order chi connectivity index (χ1) is 36.9. The summed E-state index contributed by atoms with van der Waals surface area (Å²) in [5.41, 5.74) is 13.4. The molecule has 3 aromatic carbocycles. The molecule has 0 radical (unpaired) electrons. The van der Waals surface area contributed by atoms with Gasteiger partial charge in [-0.3, -0.25) is 9.59 Å². The molecule has 0 spiro atoms. The molecule has 8 aliphatic carbocycles. The molecule has 0 aromatic heterocycles. The number of aliphatic hydroxyl groups excluding tert-OH is 1. The minimum Gasteiger partial charge on any atom is -0.393 e. The van der Waals surface area contributed by atoms with E-state index in [-0.39, 0.29) is 39.7 Å². The number of ketones is 2. The molecule has 0 bridgehead atoms. The number of benzene rings is 3. The Kier molecular flexibility index (Phi) is 16.7. The van der Waals surface area contributed by atoms with Gasteiger partial charge in [-0.2, -0.15) is 0 Å². The molecular formula is C71H89NO5S. The van der Waals surface area contributed by atoms with Crippen molar-refractivity contribution >= 4 is 29.0 Å². The van der Waals surface area contributed by atoms with Crippen molar-refractivity contribution in [3.8, 4) is 24.2 Å². The number of nitrogens with zero attached hydrogens (tertiary/aromatic N) is 1. The van der Waals surface area contributed by atoms with Crippen LogP contribution in [0.3, 0.4) is 0 Å². The zero-order valence-corrected chi connectivity index (χ0v) is 50.0. The second-order valence-corrected chi connectivity index (χ2v) is 27.5. The number of carbonyl (C=O) groups excluding carboxylic acids is 2. The summed E-state index contributed by atoms with van der Waals surface area (Å²) in [7, 11) is 3.75. The molecule has 3 aromatic rings. The summed E-state index contributed by atoms with van der Waals surface area (Å²) >= 11 is 1.73. The number of methoxy groups -OCH3 is 1. The van der Waals surface area contributed by atoms with Crippen LogP contribution >= 0.6 is 11.8 Å². The van der Waals surface area contributed by atoms with E-state index in [1.54, 1.807) is 30.0 Å². The predicted molar refractivity (Wildman–Crippen MR) is 322 cm³/mol. The molecule has 0 aliphatic heterocycles. The van der Waals surface area contributed by atoms with Gasteiger partial charge in [-0.05, 0) is 233 Å². The van der Waals surface area contributed by atoms with Gasteiger partial charge < -0.3 is 19.8 Å². The maximum Gasteiger partial charge on any atom is 0.156 e. The van der Waals surface area contributed by atoms with Crippen LogP contribution in [-0.2, 0) is 19.7 Å². The van der Waals surface area contributed by atoms with Crippen molar-refractivity contribution in [1.29, 1.82) is 0 Å². The Morgan fingerprint density at radius 1 is 0.718 bits per heavy atom. The van der Waals surface area contributed by atoms with Crippen LogP contribution in [0.1, 0.15) is 186 Å². The molecule has 414 valence electrons. The van der Waals surface area contributed by atoms with Gasteiger partial charge in [0.15, 0.2) is 11.6 Å². The number of ether oxygens (including phenoxy) is 1. The zero-order chi connectivity index (χ0) is 56.1. The molecule has 78 heavy (non-hydrogen) atoms. The fourth-order valence-electron chi connectivity index (χ4n) is 15.5. The van der Waals surface area contributed by atoms with Gasteiger partial charge in [0.1, 0.15) is 11.2 Å². The van der Waals surface area contributed by atoms with Crippen LogP contribution < -0.4 is 4.90 Å². The molecule has 4 fully saturated rings. The van der Waals surface area contributed by atoms with Gasteiger partial charge in [0, 0.05) is 66.4 Å². The lowest BCUT2D eigenvalue weighted by Crippen LogP contribution is -2.51. The number of allylic oxidation sites excluding steroid dienone is 8. The van der Waals surface area contributed by atoms with Crippen LogP contribution in [0, 0.1) is 58.7 Å². The molecule has 8 aliphatic rings. The summed E-state index contributed by atoms with van der Waals surface area (Å²) in [6, 6.07) is 27.2. The lowest BCUT2D eigenvalue weighted by Gasteiger charge is -2.53. The number of anilines is 1. The van der Waals surface area contributed by atoms with Crippen molar-refractivity contribution in [3.05, 3.63) is 141 Å². The van der Waals surface area contributed by atoms with Gasteiger partial charge in [0.25, 0.3) is 0 Å². The highest BCUT2D eigenvalue weighted by Gasteiger charge is 2.63. The standard InChI is InChI=1S/C37H43NO2S.C28H36O2.C6H10O/c1-24(2)38(4)28-11-8-26(9-12-28)33-23-36(3)34(32-16-10-27-22-29(39)13-17-31(27)35(32)33)19-21-37(36,40)20-18-25-6-14-30(41-5)15-7-25;1-27(2,3)19-8-5-17(6-9-19)23-16-28(4)24(13-14-25(28)30)22-11-7-18-15-20(29)10-12-21(18)26(22)23;1-5-6(2,3)7-4/h6-9,11-12,14-15,22,24,32-34,40H,10,13,16-17,19,21,23H2,1-5H3;5-6,8-9,15,22-25,30H,7,10-14,16H2,1-4H3;1H,2-4H3. The largest absolute Gasteiger partial charge is 0.393 e. The van der Waals surface area contributed by atoms with Crippen LogP contribution in [0.4, 0.5) is 5.69 Å². The quantitative estimate of drug-likeness (QED) is 0.188. The molecule has 4 saturated carbocycles. The van der Waals surface area contributed by atoms with E-state index < -0.39 is 5.60 Å². The highest BCUT2D eigenvalue weighted by atomic mass is 32.2. The molecule has 10 unspecified atom stereocenters. The van der Waals surface area contributed by atoms with Crippen molar-refractivity contribution in [2.45, 2.75) is 198 Å². The predicted octanol–water partition coefficient (Wildman–Crippen LogP) is 15.2. The van der Waals surface area contributed by atoms with E-state index >= 15 is 0 Å². The van der Waals surface area contributed by atoms with Crippen molar-refractivity contribution in [3.63, 3.8) is 0 Å². The van der Waals surface area contributed by atoms with Gasteiger partial charge >= 0.3 is 0 Å². The number of fused-ring (bicyclic) bond motifs is 8. The van der Waals surface area contributed by atoms with Gasteiger partial charge in [-0.25, -0.2) is 0 Å². The summed E-state index contributed by atoms with van der Waals surface area (Å²) in [4.78, 5) is 28.0. The second kappa shape index (κ2) is 22.6. The first-order valence-electron chi connectivity index (χ1n) is 29.4. The Bertz CT molecular complexity index is 2980.